The van der Waals surface area contributed by atoms with Crippen molar-refractivity contribution in [1.82, 2.24) is 0 Å². The Labute approximate surface area is 827 Å². The number of sulfone groups is 4. The number of piperidine rings is 1. The van der Waals surface area contributed by atoms with Crippen LogP contribution in [0.3, 0.4) is 0 Å². The van der Waals surface area contributed by atoms with Gasteiger partial charge in [0.15, 0.2) is 39.3 Å². The minimum atomic E-state index is -3.23. The van der Waals surface area contributed by atoms with Crippen molar-refractivity contribution >= 4 is 85.5 Å². The van der Waals surface area contributed by atoms with Crippen molar-refractivity contribution in [3.63, 3.8) is 0 Å². The molecule has 10 aromatic rings. The summed E-state index contributed by atoms with van der Waals surface area (Å²) in [5, 5.41) is 11.9. The second-order valence-corrected chi connectivity index (χ2v) is 53.8. The number of imide groups is 1. The standard InChI is InChI=1S/C31H38ClNO3S.C30H33NO4S.C27H38FNO3S.C26H36FNO3S/c1-23-21-25(8-5-24-6-9-26(10-7-24)22-37(35,36)30(2,3)4)11-16-29(23)33-19-17-31(34,18-20-33)27-12-14-28(32)15-13-27;1-20(2)24-13-15-25(16-14-24)31-28(32)26-17-12-22(18-27(26)29(31)33)9-6-21-7-10-23(11-8-21)19-36(34,35)30(3,4)5;1-7-24-25(29-16-19(2)32-20(3)17-29)15-14-23(26(24)28)13-12-21-8-10-22(11-9-21)18-33(30,31)27(4,5)6;1-18-15-28(16-19(2)31-18)24-14-13-23(25(27)20(24)3)12-11-21-7-9-22(10-8-21)17-32(29,30)26(4,5)6/h6-7,9-16,21,34H,5,8,17-20,22H2,1-4H3;7-8,10-18,20H,6,9,19H2,1-5H3;8-11,14-15,19-20H,7,12-13,16-18H2,1-6H3;7-10,13-14,18-19H,11-12,15-17H2,1-6H3/t;;19-,20+;18-,19+. The van der Waals surface area contributed by atoms with E-state index in [-0.39, 0.29) is 70.9 Å². The van der Waals surface area contributed by atoms with E-state index in [0.717, 1.165) is 137 Å². The van der Waals surface area contributed by atoms with Gasteiger partial charge in [0.25, 0.3) is 11.8 Å². The number of ether oxygens (including phenoxy) is 2. The number of carbonyl (C=O) groups excluding carboxylic acids is 2. The molecule has 2 amide bonds. The quantitative estimate of drug-likeness (QED) is 0.0473. The number of benzene rings is 10. The van der Waals surface area contributed by atoms with Crippen molar-refractivity contribution in [2.75, 3.05) is 58.9 Å². The molecule has 0 unspecified atom stereocenters. The van der Waals surface area contributed by atoms with E-state index in [1.165, 1.54) is 27.3 Å². The fourth-order valence-electron chi connectivity index (χ4n) is 17.7. The minimum absolute atomic E-state index is 0.0223. The summed E-state index contributed by atoms with van der Waals surface area (Å²) in [7, 11) is -12.8. The first-order chi connectivity index (χ1) is 64.5. The summed E-state index contributed by atoms with van der Waals surface area (Å²) in [4.78, 5) is 34.2. The highest BCUT2D eigenvalue weighted by Crippen LogP contribution is 2.39. The predicted molar refractivity (Wildman–Crippen MR) is 562 cm³/mol. The first-order valence-electron chi connectivity index (χ1n) is 48.6. The van der Waals surface area contributed by atoms with E-state index in [9.17, 15) is 48.4 Å². The molecule has 24 heteroatoms. The van der Waals surface area contributed by atoms with Crippen molar-refractivity contribution in [3.05, 3.63) is 329 Å². The van der Waals surface area contributed by atoms with Crippen LogP contribution in [0, 0.1) is 25.5 Å². The van der Waals surface area contributed by atoms with E-state index in [0.29, 0.717) is 90.2 Å². The van der Waals surface area contributed by atoms with Crippen molar-refractivity contribution in [1.29, 1.82) is 0 Å². The number of carbonyl (C=O) groups is 2. The Hall–Kier alpha value is -9.43. The van der Waals surface area contributed by atoms with Crippen LogP contribution >= 0.6 is 11.6 Å². The molecule has 0 spiro atoms. The number of nitrogens with zero attached hydrogens (tertiary/aromatic N) is 4. The molecule has 4 heterocycles. The molecule has 4 atom stereocenters. The molecule has 0 saturated carbocycles. The molecule has 4 aliphatic rings. The number of morpholine rings is 2. The Bertz CT molecular complexity index is 6340. The summed E-state index contributed by atoms with van der Waals surface area (Å²) in [5.74, 6) is -0.290. The predicted octanol–water partition coefficient (Wildman–Crippen LogP) is 23.5. The molecule has 10 aromatic carbocycles. The molecular formula is C114H145ClF2N4O13S4. The third kappa shape index (κ3) is 28.1. The van der Waals surface area contributed by atoms with E-state index in [2.05, 4.69) is 73.6 Å². The number of hydrogen-bond donors (Lipinski definition) is 1. The van der Waals surface area contributed by atoms with Crippen LogP contribution in [0.25, 0.3) is 0 Å². The zero-order chi connectivity index (χ0) is 101. The van der Waals surface area contributed by atoms with Crippen molar-refractivity contribution in [2.24, 2.45) is 0 Å². The molecule has 0 bridgehead atoms. The highest BCUT2D eigenvalue weighted by atomic mass is 35.5. The van der Waals surface area contributed by atoms with Crippen LogP contribution in [0.1, 0.15) is 266 Å². The minimum Gasteiger partial charge on any atom is -0.385 e. The first-order valence-corrected chi connectivity index (χ1v) is 55.5. The summed E-state index contributed by atoms with van der Waals surface area (Å²) in [6, 6.07) is 66.0. The van der Waals surface area contributed by atoms with Gasteiger partial charge in [-0.2, -0.15) is 0 Å². The van der Waals surface area contributed by atoms with Crippen LogP contribution in [-0.4, -0.2) is 133 Å². The van der Waals surface area contributed by atoms with Crippen LogP contribution in [0.5, 0.6) is 0 Å². The summed E-state index contributed by atoms with van der Waals surface area (Å²) < 4.78 is 139. The number of aliphatic hydroxyl groups is 1. The number of rotatable bonds is 27. The molecule has 4 aliphatic heterocycles. The van der Waals surface area contributed by atoms with Gasteiger partial charge in [0, 0.05) is 72.5 Å². The Balaban J connectivity index is 0.000000177. The second kappa shape index (κ2) is 45.2. The highest BCUT2D eigenvalue weighted by molar-refractivity contribution is 7.92. The maximum Gasteiger partial charge on any atom is 0.266 e. The maximum absolute atomic E-state index is 15.4. The number of aryl methyl sites for hydroxylation is 9. The normalized spacial score (nSPS) is 17.3. The average molecular weight is 1980 g/mol. The van der Waals surface area contributed by atoms with Crippen molar-refractivity contribution in [3.8, 4) is 0 Å². The van der Waals surface area contributed by atoms with Gasteiger partial charge in [-0.15, -0.1) is 0 Å². The lowest BCUT2D eigenvalue weighted by Gasteiger charge is -2.40. The number of amides is 2. The largest absolute Gasteiger partial charge is 0.385 e. The molecule has 744 valence electrons. The fraction of sp³-hybridized carbons (Fsp3) is 0.456. The topological polar surface area (TPSA) is 222 Å². The molecule has 3 fully saturated rings. The molecule has 0 aromatic heterocycles. The van der Waals surface area contributed by atoms with E-state index in [1.807, 2.05) is 204 Å². The summed E-state index contributed by atoms with van der Waals surface area (Å²) in [6.07, 6.45) is 8.42. The van der Waals surface area contributed by atoms with Crippen molar-refractivity contribution in [2.45, 2.75) is 294 Å². The Kier molecular flexibility index (Phi) is 35.7. The molecule has 3 saturated heterocycles. The maximum atomic E-state index is 15.4. The number of hydrogen-bond acceptors (Lipinski definition) is 16. The first kappa shape index (κ1) is 109. The Morgan fingerprint density at radius 1 is 0.399 bits per heavy atom. The van der Waals surface area contributed by atoms with E-state index in [1.54, 1.807) is 89.2 Å². The van der Waals surface area contributed by atoms with Gasteiger partial charge in [-0.3, -0.25) is 9.59 Å². The van der Waals surface area contributed by atoms with Crippen LogP contribution in [0.15, 0.2) is 206 Å². The Morgan fingerprint density at radius 3 is 1.10 bits per heavy atom. The smallest absolute Gasteiger partial charge is 0.266 e. The van der Waals surface area contributed by atoms with E-state index in [4.69, 9.17) is 21.1 Å². The molecular weight excluding hydrogens is 1830 g/mol. The lowest BCUT2D eigenvalue weighted by atomic mass is 9.84. The molecule has 14 rings (SSSR count). The zero-order valence-corrected chi connectivity index (χ0v) is 88.8. The zero-order valence-electron chi connectivity index (χ0n) is 84.8. The highest BCUT2D eigenvalue weighted by Gasteiger charge is 2.40. The van der Waals surface area contributed by atoms with E-state index >= 15 is 8.78 Å². The Morgan fingerprint density at radius 2 is 0.725 bits per heavy atom. The number of fused-ring (bicyclic) bond motifs is 1. The fourth-order valence-corrected chi connectivity index (χ4v) is 22.1. The summed E-state index contributed by atoms with van der Waals surface area (Å²) >= 11 is 6.02. The lowest BCUT2D eigenvalue weighted by Crippen LogP contribution is -2.46. The average Bonchev–Trinajstić information content (AvgIpc) is 1.60. The van der Waals surface area contributed by atoms with Gasteiger partial charge in [-0.05, 0) is 339 Å². The molecule has 138 heavy (non-hydrogen) atoms. The molecule has 0 radical (unpaired) electrons. The van der Waals surface area contributed by atoms with Gasteiger partial charge >= 0.3 is 0 Å². The van der Waals surface area contributed by atoms with Gasteiger partial charge in [-0.25, -0.2) is 47.4 Å². The monoisotopic (exact) mass is 1980 g/mol. The third-order valence-electron chi connectivity index (χ3n) is 27.0. The summed E-state index contributed by atoms with van der Waals surface area (Å²) in [5.41, 5.74) is 19.9. The lowest BCUT2D eigenvalue weighted by molar-refractivity contribution is -0.00554. The molecule has 0 aliphatic carbocycles. The second-order valence-electron chi connectivity index (χ2n) is 42.4. The van der Waals surface area contributed by atoms with Crippen LogP contribution < -0.4 is 19.6 Å². The van der Waals surface area contributed by atoms with Gasteiger partial charge in [-0.1, -0.05) is 184 Å². The number of anilines is 4. The van der Waals surface area contributed by atoms with Crippen LogP contribution in [-0.2, 0) is 135 Å². The van der Waals surface area contributed by atoms with Gasteiger partial charge in [0.1, 0.15) is 11.6 Å². The van der Waals surface area contributed by atoms with Crippen LogP contribution in [0.2, 0.25) is 5.02 Å². The SMILES string of the molecule is CC(C)c1ccc(N2C(=O)c3ccc(CCc4ccc(CS(=O)(=O)C(C)(C)C)cc4)cc3C2=O)cc1.CCc1c(N2C[C@@H](C)O[C@@H](C)C2)ccc(CCc2ccc(CS(=O)(=O)C(C)(C)C)cc2)c1F.Cc1c(N2C[C@@H](C)O[C@@H](C)C2)ccc(CCc2ccc(CS(=O)(=O)C(C)(C)C)cc2)c1F.Cc1cc(CCc2ccc(CS(=O)(=O)C(C)(C)C)cc2)ccc1N1CCC(O)(c2ccc(Cl)cc2)CC1. The third-order valence-corrected chi connectivity index (χ3v) is 37.5. The van der Waals surface area contributed by atoms with Crippen molar-refractivity contribution < 1.29 is 66.6 Å². The van der Waals surface area contributed by atoms with E-state index < -0.39 is 63.9 Å². The van der Waals surface area contributed by atoms with Gasteiger partial charge in [0.05, 0.1) is 88.8 Å². The van der Waals surface area contributed by atoms with Crippen LogP contribution in [0.4, 0.5) is 31.5 Å². The molecule has 17 nitrogen and oxygen atoms in total. The summed E-state index contributed by atoms with van der Waals surface area (Å²) in [6.45, 7) is 43.8. The molecule has 1 N–H and O–H groups in total. The van der Waals surface area contributed by atoms with Gasteiger partial charge < -0.3 is 29.3 Å². The van der Waals surface area contributed by atoms with Gasteiger partial charge in [0.2, 0.25) is 0 Å². The number of halogens is 3.